The molecule has 6 heteroatoms. The summed E-state index contributed by atoms with van der Waals surface area (Å²) in [6, 6.07) is 5.11. The molecule has 2 heterocycles. The number of nitrogens with zero attached hydrogens (tertiary/aromatic N) is 2. The Bertz CT molecular complexity index is 841. The number of amides is 2. The van der Waals surface area contributed by atoms with Gasteiger partial charge in [0, 0.05) is 0 Å². The van der Waals surface area contributed by atoms with Crippen molar-refractivity contribution in [3.05, 3.63) is 30.4 Å². The van der Waals surface area contributed by atoms with Gasteiger partial charge in [0.1, 0.15) is 11.3 Å². The summed E-state index contributed by atoms with van der Waals surface area (Å²) in [6.07, 6.45) is 5.07. The van der Waals surface area contributed by atoms with Crippen molar-refractivity contribution in [2.75, 3.05) is 4.90 Å². The van der Waals surface area contributed by atoms with E-state index in [1.807, 2.05) is 6.07 Å². The summed E-state index contributed by atoms with van der Waals surface area (Å²) >= 11 is 1.27. The molecule has 2 aromatic rings. The fourth-order valence-electron chi connectivity index (χ4n) is 4.11. The molecule has 1 saturated carbocycles. The molecular weight excluding hydrogens is 300 g/mol. The number of fused-ring (bicyclic) bond motifs is 6. The summed E-state index contributed by atoms with van der Waals surface area (Å²) in [5.41, 5.74) is 0.446. The van der Waals surface area contributed by atoms with Gasteiger partial charge in [-0.2, -0.15) is 0 Å². The second-order valence-corrected chi connectivity index (χ2v) is 7.14. The first-order chi connectivity index (χ1) is 10.6. The Morgan fingerprint density at radius 2 is 1.82 bits per heavy atom. The van der Waals surface area contributed by atoms with Gasteiger partial charge in [0.15, 0.2) is 5.13 Å². The highest BCUT2D eigenvalue weighted by molar-refractivity contribution is 7.22. The third-order valence-corrected chi connectivity index (χ3v) is 6.05. The fourth-order valence-corrected chi connectivity index (χ4v) is 5.11. The van der Waals surface area contributed by atoms with E-state index in [1.165, 1.54) is 16.2 Å². The molecule has 1 N–H and O–H groups in total. The summed E-state index contributed by atoms with van der Waals surface area (Å²) in [6.45, 7) is 0. The number of imide groups is 1. The highest BCUT2D eigenvalue weighted by Crippen LogP contribution is 2.53. The zero-order valence-electron chi connectivity index (χ0n) is 11.5. The minimum atomic E-state index is -0.219. The number of carbonyl (C=O) groups excluding carboxylic acids is 2. The average molecular weight is 312 g/mol. The van der Waals surface area contributed by atoms with Gasteiger partial charge in [0.05, 0.1) is 16.5 Å². The second-order valence-electron chi connectivity index (χ2n) is 6.13. The van der Waals surface area contributed by atoms with Gasteiger partial charge in [0.25, 0.3) is 0 Å². The van der Waals surface area contributed by atoms with Gasteiger partial charge >= 0.3 is 0 Å². The van der Waals surface area contributed by atoms with Crippen LogP contribution in [0.4, 0.5) is 5.13 Å². The fraction of sp³-hybridized carbons (Fsp3) is 0.312. The summed E-state index contributed by atoms with van der Waals surface area (Å²) in [4.78, 5) is 31.0. The van der Waals surface area contributed by atoms with E-state index in [0.717, 1.165) is 11.1 Å². The van der Waals surface area contributed by atoms with E-state index in [4.69, 9.17) is 0 Å². The molecule has 22 heavy (non-hydrogen) atoms. The van der Waals surface area contributed by atoms with Gasteiger partial charge < -0.3 is 5.11 Å². The maximum atomic E-state index is 12.7. The van der Waals surface area contributed by atoms with Crippen molar-refractivity contribution in [3.63, 3.8) is 0 Å². The first-order valence-corrected chi connectivity index (χ1v) is 8.11. The molecule has 0 spiro atoms. The molecule has 2 bridgehead atoms. The highest BCUT2D eigenvalue weighted by atomic mass is 32.1. The molecular formula is C16H12N2O3S. The number of thiazole rings is 1. The van der Waals surface area contributed by atoms with Crippen molar-refractivity contribution in [3.8, 4) is 5.75 Å². The number of allylic oxidation sites excluding steroid dienone is 2. The number of benzene rings is 1. The summed E-state index contributed by atoms with van der Waals surface area (Å²) in [7, 11) is 0. The molecule has 0 unspecified atom stereocenters. The van der Waals surface area contributed by atoms with Crippen LogP contribution in [-0.2, 0) is 9.59 Å². The molecule has 5 nitrogen and oxygen atoms in total. The van der Waals surface area contributed by atoms with E-state index in [9.17, 15) is 14.7 Å². The number of carbonyl (C=O) groups is 2. The van der Waals surface area contributed by atoms with Crippen molar-refractivity contribution >= 4 is 38.5 Å². The van der Waals surface area contributed by atoms with Crippen LogP contribution in [0.25, 0.3) is 10.2 Å². The SMILES string of the molecule is O=C1[C@@H]2[C@H](C(=O)N1c1nc3c(O)cccc3s1)[C@@H]1C=C[C@H]2C1. The molecule has 2 fully saturated rings. The van der Waals surface area contributed by atoms with Crippen LogP contribution in [0.1, 0.15) is 6.42 Å². The molecule has 3 aliphatic rings. The number of hydrogen-bond acceptors (Lipinski definition) is 5. The Kier molecular flexibility index (Phi) is 2.22. The van der Waals surface area contributed by atoms with Crippen molar-refractivity contribution in [2.45, 2.75) is 6.42 Å². The van der Waals surface area contributed by atoms with Crippen LogP contribution < -0.4 is 4.90 Å². The van der Waals surface area contributed by atoms with Gasteiger partial charge in [0.2, 0.25) is 11.8 Å². The topological polar surface area (TPSA) is 70.5 Å². The normalized spacial score (nSPS) is 32.5. The Morgan fingerprint density at radius 3 is 2.45 bits per heavy atom. The molecule has 0 radical (unpaired) electrons. The zero-order chi connectivity index (χ0) is 15.0. The standard InChI is InChI=1S/C16H12N2O3S/c19-9-2-1-3-10-13(9)17-16(22-10)18-14(20)11-7-4-5-8(6-7)12(11)15(18)21/h1-5,7-8,11-12,19H,6H2/t7-,8+,11-,12+. The van der Waals surface area contributed by atoms with Crippen LogP contribution in [0, 0.1) is 23.7 Å². The van der Waals surface area contributed by atoms with Crippen LogP contribution in [0.2, 0.25) is 0 Å². The summed E-state index contributed by atoms with van der Waals surface area (Å²) < 4.78 is 0.772. The highest BCUT2D eigenvalue weighted by Gasteiger charge is 2.60. The average Bonchev–Trinajstić information content (AvgIpc) is 3.22. The minimum absolute atomic E-state index is 0.0704. The van der Waals surface area contributed by atoms with Crippen LogP contribution in [-0.4, -0.2) is 21.9 Å². The Balaban J connectivity index is 1.62. The van der Waals surface area contributed by atoms with Gasteiger partial charge in [-0.1, -0.05) is 29.6 Å². The van der Waals surface area contributed by atoms with E-state index >= 15 is 0 Å². The molecule has 1 saturated heterocycles. The molecule has 2 amide bonds. The molecule has 110 valence electrons. The number of aromatic hydroxyl groups is 1. The first-order valence-electron chi connectivity index (χ1n) is 7.30. The molecule has 1 aliphatic heterocycles. The summed E-state index contributed by atoms with van der Waals surface area (Å²) in [5.74, 6) is -0.249. The lowest BCUT2D eigenvalue weighted by molar-refractivity contribution is -0.123. The number of anilines is 1. The van der Waals surface area contributed by atoms with E-state index < -0.39 is 0 Å². The van der Waals surface area contributed by atoms with E-state index in [0.29, 0.717) is 10.6 Å². The maximum absolute atomic E-state index is 12.7. The van der Waals surface area contributed by atoms with Crippen molar-refractivity contribution in [2.24, 2.45) is 23.7 Å². The lowest BCUT2D eigenvalue weighted by Gasteiger charge is -2.14. The predicted octanol–water partition coefficient (Wildman–Crippen LogP) is 2.31. The van der Waals surface area contributed by atoms with Crippen molar-refractivity contribution in [1.29, 1.82) is 0 Å². The number of aromatic nitrogens is 1. The number of para-hydroxylation sites is 1. The Hall–Kier alpha value is -2.21. The van der Waals surface area contributed by atoms with E-state index in [-0.39, 0.29) is 41.2 Å². The molecule has 2 aliphatic carbocycles. The first kappa shape index (κ1) is 12.3. The third kappa shape index (κ3) is 1.36. The van der Waals surface area contributed by atoms with E-state index in [2.05, 4.69) is 17.1 Å². The van der Waals surface area contributed by atoms with Crippen LogP contribution in [0.15, 0.2) is 30.4 Å². The Labute approximate surface area is 129 Å². The number of rotatable bonds is 1. The Morgan fingerprint density at radius 1 is 1.14 bits per heavy atom. The molecule has 4 atom stereocenters. The lowest BCUT2D eigenvalue weighted by Crippen LogP contribution is -2.32. The monoisotopic (exact) mass is 312 g/mol. The van der Waals surface area contributed by atoms with Crippen LogP contribution >= 0.6 is 11.3 Å². The molecule has 1 aromatic carbocycles. The predicted molar refractivity (Wildman–Crippen MR) is 81.5 cm³/mol. The number of hydrogen-bond donors (Lipinski definition) is 1. The summed E-state index contributed by atoms with van der Waals surface area (Å²) in [5, 5.41) is 10.2. The number of phenolic OH excluding ortho intramolecular Hbond substituents is 1. The minimum Gasteiger partial charge on any atom is -0.506 e. The molecule has 1 aromatic heterocycles. The third-order valence-electron chi connectivity index (χ3n) is 5.05. The van der Waals surface area contributed by atoms with Crippen LogP contribution in [0.3, 0.4) is 0 Å². The largest absolute Gasteiger partial charge is 0.506 e. The van der Waals surface area contributed by atoms with Crippen molar-refractivity contribution < 1.29 is 14.7 Å². The van der Waals surface area contributed by atoms with Gasteiger partial charge in [-0.05, 0) is 30.4 Å². The van der Waals surface area contributed by atoms with Gasteiger partial charge in [-0.25, -0.2) is 9.88 Å². The lowest BCUT2D eigenvalue weighted by atomic mass is 9.85. The molecule has 5 rings (SSSR count). The van der Waals surface area contributed by atoms with Crippen molar-refractivity contribution in [1.82, 2.24) is 4.98 Å². The van der Waals surface area contributed by atoms with Gasteiger partial charge in [-0.3, -0.25) is 9.59 Å². The van der Waals surface area contributed by atoms with E-state index in [1.54, 1.807) is 12.1 Å². The number of phenols is 1. The quantitative estimate of drug-likeness (QED) is 0.648. The van der Waals surface area contributed by atoms with Crippen LogP contribution in [0.5, 0.6) is 5.75 Å². The maximum Gasteiger partial charge on any atom is 0.240 e. The van der Waals surface area contributed by atoms with Gasteiger partial charge in [-0.15, -0.1) is 0 Å². The smallest absolute Gasteiger partial charge is 0.240 e. The second kappa shape index (κ2) is 3.95. The zero-order valence-corrected chi connectivity index (χ0v) is 12.3.